The smallest absolute Gasteiger partial charge is 0.124 e. The van der Waals surface area contributed by atoms with Crippen molar-refractivity contribution in [3.63, 3.8) is 0 Å². The molecule has 1 aliphatic heterocycles. The van der Waals surface area contributed by atoms with Crippen LogP contribution in [0.25, 0.3) is 0 Å². The van der Waals surface area contributed by atoms with Crippen molar-refractivity contribution in [2.24, 2.45) is 5.92 Å². The minimum Gasteiger partial charge on any atom is -0.303 e. The van der Waals surface area contributed by atoms with Crippen LogP contribution in [-0.2, 0) is 11.3 Å². The van der Waals surface area contributed by atoms with Crippen molar-refractivity contribution in [1.82, 2.24) is 4.90 Å². The van der Waals surface area contributed by atoms with E-state index in [2.05, 4.69) is 29.2 Å². The summed E-state index contributed by atoms with van der Waals surface area (Å²) in [7, 11) is 0. The number of carbonyl (C=O) groups is 1. The van der Waals surface area contributed by atoms with Gasteiger partial charge in [0.05, 0.1) is 0 Å². The Morgan fingerprint density at radius 2 is 2.06 bits per heavy atom. The molecule has 2 rings (SSSR count). The number of likely N-dealkylation sites (tertiary alicyclic amines) is 1. The first kappa shape index (κ1) is 11.3. The fourth-order valence-corrected chi connectivity index (χ4v) is 2.35. The number of hydrogen-bond donors (Lipinski definition) is 0. The third-order valence-electron chi connectivity index (χ3n) is 3.23. The van der Waals surface area contributed by atoms with Crippen LogP contribution in [0.4, 0.5) is 0 Å². The van der Waals surface area contributed by atoms with E-state index in [1.807, 2.05) is 6.07 Å². The quantitative estimate of drug-likeness (QED) is 0.725. The maximum absolute atomic E-state index is 10.9. The zero-order valence-electron chi connectivity index (χ0n) is 9.64. The third kappa shape index (κ3) is 3.17. The Labute approximate surface area is 97.3 Å². The molecule has 1 heterocycles. The minimum absolute atomic E-state index is 0.242. The van der Waals surface area contributed by atoms with Gasteiger partial charge < -0.3 is 4.79 Å². The van der Waals surface area contributed by atoms with E-state index in [1.54, 1.807) is 0 Å². The second-order valence-corrected chi connectivity index (χ2v) is 4.61. The summed E-state index contributed by atoms with van der Waals surface area (Å²) in [6, 6.07) is 10.5. The predicted octanol–water partition coefficient (Wildman–Crippen LogP) is 2.49. The highest BCUT2D eigenvalue weighted by molar-refractivity contribution is 5.53. The van der Waals surface area contributed by atoms with Gasteiger partial charge in [0.1, 0.15) is 6.29 Å². The van der Waals surface area contributed by atoms with E-state index in [-0.39, 0.29) is 5.92 Å². The molecule has 0 aromatic heterocycles. The highest BCUT2D eigenvalue weighted by Gasteiger charge is 2.17. The lowest BCUT2D eigenvalue weighted by Gasteiger charge is -2.21. The molecule has 0 N–H and O–H groups in total. The Morgan fingerprint density at radius 3 is 2.81 bits per heavy atom. The summed E-state index contributed by atoms with van der Waals surface area (Å²) in [5.41, 5.74) is 1.34. The number of aldehydes is 1. The molecular weight excluding hydrogens is 198 g/mol. The molecule has 0 aliphatic carbocycles. The lowest BCUT2D eigenvalue weighted by Crippen LogP contribution is -2.28. The van der Waals surface area contributed by atoms with Crippen LogP contribution < -0.4 is 0 Å². The molecule has 1 atom stereocenters. The van der Waals surface area contributed by atoms with Crippen molar-refractivity contribution in [2.45, 2.75) is 25.8 Å². The van der Waals surface area contributed by atoms with Crippen molar-refractivity contribution in [3.8, 4) is 0 Å². The van der Waals surface area contributed by atoms with Gasteiger partial charge in [0.25, 0.3) is 0 Å². The molecule has 2 nitrogen and oxygen atoms in total. The molecule has 0 spiro atoms. The topological polar surface area (TPSA) is 20.3 Å². The first-order chi connectivity index (χ1) is 7.88. The lowest BCUT2D eigenvalue weighted by atomic mass is 10.1. The Bertz CT molecular complexity index is 323. The highest BCUT2D eigenvalue weighted by atomic mass is 16.1. The average Bonchev–Trinajstić information content (AvgIpc) is 2.55. The maximum Gasteiger partial charge on any atom is 0.124 e. The van der Waals surface area contributed by atoms with E-state index >= 15 is 0 Å². The number of nitrogens with zero attached hydrogens (tertiary/aromatic N) is 1. The number of benzene rings is 1. The van der Waals surface area contributed by atoms with Crippen LogP contribution in [0.3, 0.4) is 0 Å². The standard InChI is InChI=1S/C14H19NO/c16-12-14-8-4-5-9-15(11-14)10-13-6-2-1-3-7-13/h1-3,6-7,12,14H,4-5,8-11H2. The van der Waals surface area contributed by atoms with Gasteiger partial charge in [0.2, 0.25) is 0 Å². The first-order valence-electron chi connectivity index (χ1n) is 6.10. The van der Waals surface area contributed by atoms with Gasteiger partial charge >= 0.3 is 0 Å². The van der Waals surface area contributed by atoms with E-state index in [4.69, 9.17) is 0 Å². The van der Waals surface area contributed by atoms with Crippen LogP contribution in [-0.4, -0.2) is 24.3 Å². The van der Waals surface area contributed by atoms with Crippen molar-refractivity contribution in [1.29, 1.82) is 0 Å². The van der Waals surface area contributed by atoms with Gasteiger partial charge in [0, 0.05) is 19.0 Å². The monoisotopic (exact) mass is 217 g/mol. The van der Waals surface area contributed by atoms with Gasteiger partial charge in [-0.1, -0.05) is 36.8 Å². The molecular formula is C14H19NO. The van der Waals surface area contributed by atoms with Gasteiger partial charge in [-0.15, -0.1) is 0 Å². The average molecular weight is 217 g/mol. The molecule has 1 saturated heterocycles. The van der Waals surface area contributed by atoms with E-state index in [9.17, 15) is 4.79 Å². The third-order valence-corrected chi connectivity index (χ3v) is 3.23. The Morgan fingerprint density at radius 1 is 1.25 bits per heavy atom. The Hall–Kier alpha value is -1.15. The van der Waals surface area contributed by atoms with E-state index < -0.39 is 0 Å². The van der Waals surface area contributed by atoms with Crippen LogP contribution in [0, 0.1) is 5.92 Å². The summed E-state index contributed by atoms with van der Waals surface area (Å²) in [6.07, 6.45) is 4.60. The zero-order chi connectivity index (χ0) is 11.2. The second-order valence-electron chi connectivity index (χ2n) is 4.61. The van der Waals surface area contributed by atoms with Crippen LogP contribution in [0.1, 0.15) is 24.8 Å². The Balaban J connectivity index is 1.95. The van der Waals surface area contributed by atoms with E-state index in [0.717, 1.165) is 32.3 Å². The summed E-state index contributed by atoms with van der Waals surface area (Å²) in [5.74, 6) is 0.242. The molecule has 0 bridgehead atoms. The van der Waals surface area contributed by atoms with Crippen molar-refractivity contribution in [3.05, 3.63) is 35.9 Å². The predicted molar refractivity (Wildman–Crippen MR) is 65.1 cm³/mol. The van der Waals surface area contributed by atoms with Crippen molar-refractivity contribution >= 4 is 6.29 Å². The summed E-state index contributed by atoms with van der Waals surface area (Å²) in [4.78, 5) is 13.3. The molecule has 16 heavy (non-hydrogen) atoms. The number of rotatable bonds is 3. The van der Waals surface area contributed by atoms with Crippen LogP contribution in [0.5, 0.6) is 0 Å². The van der Waals surface area contributed by atoms with Crippen molar-refractivity contribution in [2.75, 3.05) is 13.1 Å². The maximum atomic E-state index is 10.9. The SMILES string of the molecule is O=CC1CCCCN(Cc2ccccc2)C1. The fourth-order valence-electron chi connectivity index (χ4n) is 2.35. The molecule has 2 heteroatoms. The normalized spacial score (nSPS) is 22.6. The largest absolute Gasteiger partial charge is 0.303 e. The zero-order valence-corrected chi connectivity index (χ0v) is 9.64. The van der Waals surface area contributed by atoms with Gasteiger partial charge in [0.15, 0.2) is 0 Å². The molecule has 0 amide bonds. The lowest BCUT2D eigenvalue weighted by molar-refractivity contribution is -0.111. The first-order valence-corrected chi connectivity index (χ1v) is 6.10. The van der Waals surface area contributed by atoms with Crippen molar-refractivity contribution < 1.29 is 4.79 Å². The molecule has 1 fully saturated rings. The number of carbonyl (C=O) groups excluding carboxylic acids is 1. The fraction of sp³-hybridized carbons (Fsp3) is 0.500. The van der Waals surface area contributed by atoms with E-state index in [0.29, 0.717) is 0 Å². The molecule has 0 radical (unpaired) electrons. The minimum atomic E-state index is 0.242. The molecule has 1 unspecified atom stereocenters. The summed E-state index contributed by atoms with van der Waals surface area (Å²) in [6.45, 7) is 3.03. The van der Waals surface area contributed by atoms with Gasteiger partial charge in [-0.05, 0) is 24.9 Å². The number of hydrogen-bond acceptors (Lipinski definition) is 2. The molecule has 0 saturated carbocycles. The molecule has 1 aliphatic rings. The van der Waals surface area contributed by atoms with Crippen LogP contribution in [0.15, 0.2) is 30.3 Å². The summed E-state index contributed by atoms with van der Waals surface area (Å²) in [5, 5.41) is 0. The summed E-state index contributed by atoms with van der Waals surface area (Å²) < 4.78 is 0. The highest BCUT2D eigenvalue weighted by Crippen LogP contribution is 2.16. The Kier molecular flexibility index (Phi) is 4.11. The van der Waals surface area contributed by atoms with Crippen LogP contribution >= 0.6 is 0 Å². The molecule has 1 aromatic carbocycles. The molecule has 1 aromatic rings. The van der Waals surface area contributed by atoms with Gasteiger partial charge in [-0.2, -0.15) is 0 Å². The second kappa shape index (κ2) is 5.80. The van der Waals surface area contributed by atoms with Crippen LogP contribution in [0.2, 0.25) is 0 Å². The van der Waals surface area contributed by atoms with Gasteiger partial charge in [-0.25, -0.2) is 0 Å². The van der Waals surface area contributed by atoms with Gasteiger partial charge in [-0.3, -0.25) is 4.90 Å². The molecule has 86 valence electrons. The summed E-state index contributed by atoms with van der Waals surface area (Å²) >= 11 is 0. The van der Waals surface area contributed by atoms with E-state index in [1.165, 1.54) is 18.4 Å².